The Hall–Kier alpha value is -3.45. The topological polar surface area (TPSA) is 35.9 Å². The molecule has 5 rings (SSSR count). The zero-order valence-corrected chi connectivity index (χ0v) is 18.6. The summed E-state index contributed by atoms with van der Waals surface area (Å²) in [7, 11) is 0. The number of nitrogens with zero attached hydrogens (tertiary/aromatic N) is 3. The minimum absolute atomic E-state index is 0.0212. The molecular weight excluding hydrogens is 439 g/mol. The Labute approximate surface area is 196 Å². The third-order valence-corrected chi connectivity index (χ3v) is 6.64. The third-order valence-electron chi connectivity index (χ3n) is 6.64. The number of hydrogen-bond acceptors (Lipinski definition) is 3. The van der Waals surface area contributed by atoms with Gasteiger partial charge in [0, 0.05) is 31.4 Å². The molecule has 0 aromatic heterocycles. The van der Waals surface area contributed by atoms with E-state index in [1.54, 1.807) is 17.0 Å². The maximum absolute atomic E-state index is 14.1. The van der Waals surface area contributed by atoms with E-state index in [9.17, 15) is 18.0 Å². The highest BCUT2D eigenvalue weighted by molar-refractivity contribution is 6.22. The predicted octanol–water partition coefficient (Wildman–Crippen LogP) is 5.65. The first-order valence-corrected chi connectivity index (χ1v) is 11.3. The zero-order valence-electron chi connectivity index (χ0n) is 18.6. The maximum Gasteiger partial charge on any atom is 0.233 e. The third kappa shape index (κ3) is 4.35. The molecule has 0 aliphatic carbocycles. The first-order chi connectivity index (χ1) is 16.4. The van der Waals surface area contributed by atoms with Crippen LogP contribution >= 0.6 is 0 Å². The van der Waals surface area contributed by atoms with E-state index in [1.165, 1.54) is 17.7 Å². The SMILES string of the molecule is O=C1CC(=Nc2cc(F)cc(F)c2)C2(CCN(Cc3ccccc3)CC2)N1c1cccc(F)c1. The van der Waals surface area contributed by atoms with Crippen LogP contribution in [0.5, 0.6) is 0 Å². The van der Waals surface area contributed by atoms with Crippen molar-refractivity contribution < 1.29 is 18.0 Å². The van der Waals surface area contributed by atoms with Crippen molar-refractivity contribution in [2.24, 2.45) is 4.99 Å². The first kappa shape index (κ1) is 22.3. The molecule has 2 heterocycles. The summed E-state index contributed by atoms with van der Waals surface area (Å²) in [6.07, 6.45) is 1.19. The normalized spacial score (nSPS) is 19.3. The molecule has 0 bridgehead atoms. The lowest BCUT2D eigenvalue weighted by Crippen LogP contribution is -2.56. The average Bonchev–Trinajstić information content (AvgIpc) is 3.05. The lowest BCUT2D eigenvalue weighted by molar-refractivity contribution is -0.117. The van der Waals surface area contributed by atoms with Gasteiger partial charge in [0.2, 0.25) is 5.91 Å². The van der Waals surface area contributed by atoms with Gasteiger partial charge < -0.3 is 4.90 Å². The van der Waals surface area contributed by atoms with Crippen molar-refractivity contribution in [1.82, 2.24) is 4.90 Å². The van der Waals surface area contributed by atoms with Crippen molar-refractivity contribution in [2.75, 3.05) is 18.0 Å². The fourth-order valence-electron chi connectivity index (χ4n) is 5.10. The van der Waals surface area contributed by atoms with Crippen molar-refractivity contribution in [3.63, 3.8) is 0 Å². The van der Waals surface area contributed by atoms with E-state index in [2.05, 4.69) is 22.0 Å². The van der Waals surface area contributed by atoms with Gasteiger partial charge >= 0.3 is 0 Å². The molecule has 2 saturated heterocycles. The van der Waals surface area contributed by atoms with E-state index in [0.29, 0.717) is 37.3 Å². The highest BCUT2D eigenvalue weighted by atomic mass is 19.1. The van der Waals surface area contributed by atoms with Crippen molar-refractivity contribution in [1.29, 1.82) is 0 Å². The molecular formula is C27H24F3N3O. The van der Waals surface area contributed by atoms with Gasteiger partial charge in [-0.1, -0.05) is 36.4 Å². The molecule has 7 heteroatoms. The second-order valence-corrected chi connectivity index (χ2v) is 8.87. The molecule has 4 nitrogen and oxygen atoms in total. The Kier molecular flexibility index (Phi) is 5.96. The van der Waals surface area contributed by atoms with Gasteiger partial charge in [0.05, 0.1) is 23.4 Å². The van der Waals surface area contributed by atoms with Crippen LogP contribution in [0.4, 0.5) is 24.5 Å². The van der Waals surface area contributed by atoms with Crippen LogP contribution in [0.3, 0.4) is 0 Å². The fourth-order valence-corrected chi connectivity index (χ4v) is 5.10. The van der Waals surface area contributed by atoms with Gasteiger partial charge in [-0.05, 0) is 48.7 Å². The van der Waals surface area contributed by atoms with Gasteiger partial charge in [-0.25, -0.2) is 13.2 Å². The van der Waals surface area contributed by atoms with E-state index in [0.717, 1.165) is 24.7 Å². The molecule has 0 N–H and O–H groups in total. The number of aliphatic imine (C=N–C) groups is 1. The number of carbonyl (C=O) groups is 1. The van der Waals surface area contributed by atoms with E-state index in [-0.39, 0.29) is 18.0 Å². The molecule has 0 unspecified atom stereocenters. The minimum atomic E-state index is -0.777. The monoisotopic (exact) mass is 463 g/mol. The molecule has 0 radical (unpaired) electrons. The summed E-state index contributed by atoms with van der Waals surface area (Å²) in [6, 6.07) is 19.2. The van der Waals surface area contributed by atoms with Crippen LogP contribution in [0.25, 0.3) is 0 Å². The summed E-state index contributed by atoms with van der Waals surface area (Å²) in [5.41, 5.74) is 1.59. The summed E-state index contributed by atoms with van der Waals surface area (Å²) in [5, 5.41) is 0. The van der Waals surface area contributed by atoms with Crippen molar-refractivity contribution in [3.05, 3.63) is 95.8 Å². The van der Waals surface area contributed by atoms with Crippen LogP contribution in [-0.2, 0) is 11.3 Å². The number of likely N-dealkylation sites (tertiary alicyclic amines) is 1. The molecule has 2 fully saturated rings. The quantitative estimate of drug-likeness (QED) is 0.502. The van der Waals surface area contributed by atoms with Crippen LogP contribution < -0.4 is 4.90 Å². The second kappa shape index (κ2) is 9.06. The van der Waals surface area contributed by atoms with E-state index >= 15 is 0 Å². The van der Waals surface area contributed by atoms with Crippen molar-refractivity contribution in [3.8, 4) is 0 Å². The summed E-state index contributed by atoms with van der Waals surface area (Å²) < 4.78 is 41.7. The molecule has 174 valence electrons. The van der Waals surface area contributed by atoms with Crippen LogP contribution in [-0.4, -0.2) is 35.1 Å². The lowest BCUT2D eigenvalue weighted by Gasteiger charge is -2.45. The summed E-state index contributed by atoms with van der Waals surface area (Å²) in [5.74, 6) is -2.08. The molecule has 2 aliphatic rings. The summed E-state index contributed by atoms with van der Waals surface area (Å²) in [6.45, 7) is 2.18. The van der Waals surface area contributed by atoms with E-state index in [4.69, 9.17) is 0 Å². The van der Waals surface area contributed by atoms with Gasteiger partial charge in [0.1, 0.15) is 17.5 Å². The Bertz CT molecular complexity index is 1220. The van der Waals surface area contributed by atoms with Gasteiger partial charge in [0.15, 0.2) is 0 Å². The van der Waals surface area contributed by atoms with Crippen LogP contribution in [0.15, 0.2) is 77.8 Å². The van der Waals surface area contributed by atoms with E-state index < -0.39 is 23.0 Å². The number of halogens is 3. The van der Waals surface area contributed by atoms with E-state index in [1.807, 2.05) is 18.2 Å². The highest BCUT2D eigenvalue weighted by Gasteiger charge is 2.52. The largest absolute Gasteiger partial charge is 0.300 e. The number of hydrogen-bond donors (Lipinski definition) is 0. The first-order valence-electron chi connectivity index (χ1n) is 11.3. The molecule has 3 aromatic rings. The Morgan fingerprint density at radius 3 is 2.21 bits per heavy atom. The van der Waals surface area contributed by atoms with Gasteiger partial charge in [-0.2, -0.15) is 0 Å². The summed E-state index contributed by atoms with van der Waals surface area (Å²) in [4.78, 5) is 21.8. The van der Waals surface area contributed by atoms with Gasteiger partial charge in [-0.15, -0.1) is 0 Å². The average molecular weight is 464 g/mol. The number of carbonyl (C=O) groups excluding carboxylic acids is 1. The molecule has 0 atom stereocenters. The Morgan fingerprint density at radius 2 is 1.53 bits per heavy atom. The molecule has 0 saturated carbocycles. The maximum atomic E-state index is 14.1. The van der Waals surface area contributed by atoms with Gasteiger partial charge in [0.25, 0.3) is 0 Å². The standard InChI is InChI=1S/C27H24F3N3O/c28-20-7-4-8-24(16-20)33-26(34)17-25(31-23-14-21(29)13-22(30)15-23)27(33)9-11-32(12-10-27)18-19-5-2-1-3-6-19/h1-8,13-16H,9-12,17-18H2. The fraction of sp³-hybridized carbons (Fsp3) is 0.259. The van der Waals surface area contributed by atoms with Gasteiger partial charge in [-0.3, -0.25) is 14.7 Å². The molecule has 1 amide bonds. The van der Waals surface area contributed by atoms with Crippen LogP contribution in [0.2, 0.25) is 0 Å². The van der Waals surface area contributed by atoms with Crippen molar-refractivity contribution >= 4 is 23.0 Å². The molecule has 34 heavy (non-hydrogen) atoms. The minimum Gasteiger partial charge on any atom is -0.300 e. The summed E-state index contributed by atoms with van der Waals surface area (Å²) >= 11 is 0. The highest BCUT2D eigenvalue weighted by Crippen LogP contribution is 2.42. The molecule has 1 spiro atoms. The van der Waals surface area contributed by atoms with Crippen molar-refractivity contribution in [2.45, 2.75) is 31.3 Å². The molecule has 3 aromatic carbocycles. The predicted molar refractivity (Wildman–Crippen MR) is 126 cm³/mol. The number of amides is 1. The van der Waals surface area contributed by atoms with Crippen LogP contribution in [0.1, 0.15) is 24.8 Å². The Morgan fingerprint density at radius 1 is 0.824 bits per heavy atom. The second-order valence-electron chi connectivity index (χ2n) is 8.87. The van der Waals surface area contributed by atoms with Crippen LogP contribution in [0, 0.1) is 17.5 Å². The number of anilines is 1. The lowest BCUT2D eigenvalue weighted by atomic mass is 9.82. The number of piperidine rings is 1. The zero-order chi connectivity index (χ0) is 23.7. The number of rotatable bonds is 4. The Balaban J connectivity index is 1.51. The smallest absolute Gasteiger partial charge is 0.233 e. The number of benzene rings is 3. The molecule has 2 aliphatic heterocycles.